The lowest BCUT2D eigenvalue weighted by Gasteiger charge is -2.28. The maximum Gasteiger partial charge on any atom is 0.411 e. The maximum atomic E-state index is 14.4. The molecule has 1 aromatic carbocycles. The van der Waals surface area contributed by atoms with E-state index in [0.717, 1.165) is 0 Å². The number of ether oxygens (including phenoxy) is 2. The highest BCUT2D eigenvalue weighted by Gasteiger charge is 2.23. The zero-order valence-corrected chi connectivity index (χ0v) is 18.1. The Labute approximate surface area is 187 Å². The van der Waals surface area contributed by atoms with Crippen LogP contribution in [0, 0.1) is 18.7 Å². The third-order valence-corrected chi connectivity index (χ3v) is 4.67. The molecule has 1 aromatic heterocycles. The van der Waals surface area contributed by atoms with Gasteiger partial charge in [0.1, 0.15) is 18.2 Å². The lowest BCUT2D eigenvalue weighted by Crippen LogP contribution is -2.36. The third-order valence-electron chi connectivity index (χ3n) is 4.34. The molecule has 30 heavy (non-hydrogen) atoms. The third kappa shape index (κ3) is 6.07. The van der Waals surface area contributed by atoms with Gasteiger partial charge in [-0.25, -0.2) is 14.2 Å². The number of alkyl halides is 3. The second kappa shape index (κ2) is 9.51. The summed E-state index contributed by atoms with van der Waals surface area (Å²) in [6, 6.07) is 5.57. The second-order valence-corrected chi connectivity index (χ2v) is 9.12. The van der Waals surface area contributed by atoms with Crippen LogP contribution in [0.25, 0.3) is 11.1 Å². The van der Waals surface area contributed by atoms with Crippen LogP contribution in [0.1, 0.15) is 5.56 Å². The Morgan fingerprint density at radius 2 is 1.93 bits per heavy atom. The first kappa shape index (κ1) is 22.8. The Morgan fingerprint density at radius 3 is 2.60 bits per heavy atom. The first-order valence-corrected chi connectivity index (χ1v) is 10.1. The lowest BCUT2D eigenvalue weighted by molar-refractivity contribution is 0.122. The number of anilines is 2. The van der Waals surface area contributed by atoms with Gasteiger partial charge in [0.15, 0.2) is 0 Å². The topological polar surface area (TPSA) is 63.7 Å². The van der Waals surface area contributed by atoms with Crippen LogP contribution in [0.3, 0.4) is 0 Å². The van der Waals surface area contributed by atoms with Gasteiger partial charge in [-0.15, -0.1) is 0 Å². The summed E-state index contributed by atoms with van der Waals surface area (Å²) in [4.78, 5) is 17.8. The van der Waals surface area contributed by atoms with Gasteiger partial charge < -0.3 is 14.4 Å². The molecule has 1 aliphatic heterocycles. The van der Waals surface area contributed by atoms with Gasteiger partial charge in [0.25, 0.3) is 0 Å². The lowest BCUT2D eigenvalue weighted by atomic mass is 10.00. The van der Waals surface area contributed by atoms with Crippen LogP contribution in [-0.4, -0.2) is 47.8 Å². The van der Waals surface area contributed by atoms with E-state index in [2.05, 4.69) is 10.3 Å². The first-order valence-electron chi connectivity index (χ1n) is 8.94. The molecule has 162 valence electrons. The Balaban J connectivity index is 1.88. The summed E-state index contributed by atoms with van der Waals surface area (Å²) in [5.74, 6) is -0.909. The standard InChI is InChI=1S/C19H18Cl3F2N3O3/c1-11-6-14(23)15(25-18(28)30-10-19(20,21)22)9-13(11)12-7-16(24)26-17(8-12)27-2-4-29-5-3-27/h6-9H,2-5,10H2,1H3,(H,25,28). The summed E-state index contributed by atoms with van der Waals surface area (Å²) in [5, 5.41) is 2.26. The van der Waals surface area contributed by atoms with Crippen molar-refractivity contribution in [1.82, 2.24) is 4.98 Å². The van der Waals surface area contributed by atoms with Crippen molar-refractivity contribution >= 4 is 52.4 Å². The monoisotopic (exact) mass is 479 g/mol. The smallest absolute Gasteiger partial charge is 0.411 e. The number of halogens is 5. The van der Waals surface area contributed by atoms with E-state index >= 15 is 0 Å². The van der Waals surface area contributed by atoms with Crippen molar-refractivity contribution < 1.29 is 23.0 Å². The molecule has 1 N–H and O–H groups in total. The number of carbonyl (C=O) groups is 1. The first-order chi connectivity index (χ1) is 14.1. The number of hydrogen-bond donors (Lipinski definition) is 1. The second-order valence-electron chi connectivity index (χ2n) is 6.60. The van der Waals surface area contributed by atoms with E-state index in [1.165, 1.54) is 18.2 Å². The quantitative estimate of drug-likeness (QED) is 0.488. The fourth-order valence-electron chi connectivity index (χ4n) is 2.97. The van der Waals surface area contributed by atoms with Crippen molar-refractivity contribution in [2.75, 3.05) is 43.1 Å². The molecule has 0 spiro atoms. The number of pyridine rings is 1. The van der Waals surface area contributed by atoms with E-state index < -0.39 is 28.3 Å². The molecule has 0 bridgehead atoms. The molecule has 1 aliphatic rings. The minimum absolute atomic E-state index is 0.157. The molecule has 2 heterocycles. The predicted octanol–water partition coefficient (Wildman–Crippen LogP) is 5.09. The van der Waals surface area contributed by atoms with Crippen molar-refractivity contribution in [3.05, 3.63) is 41.6 Å². The zero-order valence-electron chi connectivity index (χ0n) is 15.9. The minimum atomic E-state index is -1.79. The Morgan fingerprint density at radius 1 is 1.23 bits per heavy atom. The molecular formula is C19H18Cl3F2N3O3. The van der Waals surface area contributed by atoms with Gasteiger partial charge in [0.05, 0.1) is 18.9 Å². The SMILES string of the molecule is Cc1cc(F)c(NC(=O)OCC(Cl)(Cl)Cl)cc1-c1cc(F)nc(N2CCOCC2)c1. The summed E-state index contributed by atoms with van der Waals surface area (Å²) in [5.41, 5.74) is 1.39. The number of aryl methyl sites for hydroxylation is 1. The fourth-order valence-corrected chi connectivity index (χ4v) is 3.13. The Bertz CT molecular complexity index is 935. The highest BCUT2D eigenvalue weighted by Crippen LogP contribution is 2.32. The number of rotatable bonds is 4. The molecule has 0 radical (unpaired) electrons. The van der Waals surface area contributed by atoms with Crippen molar-refractivity contribution in [2.45, 2.75) is 10.7 Å². The predicted molar refractivity (Wildman–Crippen MR) is 113 cm³/mol. The Hall–Kier alpha value is -1.87. The zero-order chi connectivity index (χ0) is 21.9. The molecule has 0 saturated carbocycles. The number of benzene rings is 1. The van der Waals surface area contributed by atoms with Gasteiger partial charge in [-0.2, -0.15) is 4.39 Å². The molecule has 0 aliphatic carbocycles. The highest BCUT2D eigenvalue weighted by atomic mass is 35.6. The number of aromatic nitrogens is 1. The Kier molecular flexibility index (Phi) is 7.23. The number of hydrogen-bond acceptors (Lipinski definition) is 5. The van der Waals surface area contributed by atoms with Gasteiger partial charge in [-0.1, -0.05) is 34.8 Å². The number of nitrogens with one attached hydrogen (secondary N) is 1. The van der Waals surface area contributed by atoms with E-state index in [0.29, 0.717) is 48.8 Å². The van der Waals surface area contributed by atoms with Crippen LogP contribution < -0.4 is 10.2 Å². The van der Waals surface area contributed by atoms with Crippen LogP contribution in [0.2, 0.25) is 0 Å². The molecule has 3 rings (SSSR count). The number of nitrogens with zero attached hydrogens (tertiary/aromatic N) is 2. The normalized spacial score (nSPS) is 14.5. The largest absolute Gasteiger partial charge is 0.445 e. The molecule has 6 nitrogen and oxygen atoms in total. The van der Waals surface area contributed by atoms with E-state index in [4.69, 9.17) is 44.3 Å². The van der Waals surface area contributed by atoms with Crippen LogP contribution in [0.5, 0.6) is 0 Å². The van der Waals surface area contributed by atoms with Crippen LogP contribution >= 0.6 is 34.8 Å². The summed E-state index contributed by atoms with van der Waals surface area (Å²) < 4.78 is 36.9. The molecule has 2 aromatic rings. The summed E-state index contributed by atoms with van der Waals surface area (Å²) in [6.45, 7) is 3.37. The van der Waals surface area contributed by atoms with Gasteiger partial charge in [0.2, 0.25) is 9.74 Å². The van der Waals surface area contributed by atoms with Crippen molar-refractivity contribution in [1.29, 1.82) is 0 Å². The van der Waals surface area contributed by atoms with Crippen LogP contribution in [0.4, 0.5) is 25.1 Å². The molecule has 0 atom stereocenters. The van der Waals surface area contributed by atoms with E-state index in [1.54, 1.807) is 13.0 Å². The molecule has 1 saturated heterocycles. The van der Waals surface area contributed by atoms with Gasteiger partial charge in [-0.05, 0) is 41.8 Å². The summed E-state index contributed by atoms with van der Waals surface area (Å²) in [6.07, 6.45) is -0.995. The van der Waals surface area contributed by atoms with E-state index in [1.807, 2.05) is 4.90 Å². The summed E-state index contributed by atoms with van der Waals surface area (Å²) in [7, 11) is 0. The van der Waals surface area contributed by atoms with Crippen LogP contribution in [-0.2, 0) is 9.47 Å². The van der Waals surface area contributed by atoms with Crippen LogP contribution in [0.15, 0.2) is 24.3 Å². The number of carbonyl (C=O) groups excluding carboxylic acids is 1. The molecule has 0 unspecified atom stereocenters. The molecule has 11 heteroatoms. The van der Waals surface area contributed by atoms with Crippen molar-refractivity contribution in [3.8, 4) is 11.1 Å². The maximum absolute atomic E-state index is 14.4. The molecular weight excluding hydrogens is 463 g/mol. The van der Waals surface area contributed by atoms with Gasteiger partial charge >= 0.3 is 6.09 Å². The number of morpholine rings is 1. The average Bonchev–Trinajstić information content (AvgIpc) is 2.68. The molecule has 1 fully saturated rings. The highest BCUT2D eigenvalue weighted by molar-refractivity contribution is 6.67. The summed E-state index contributed by atoms with van der Waals surface area (Å²) >= 11 is 16.6. The van der Waals surface area contributed by atoms with E-state index in [9.17, 15) is 13.6 Å². The van der Waals surface area contributed by atoms with Crippen molar-refractivity contribution in [3.63, 3.8) is 0 Å². The minimum Gasteiger partial charge on any atom is -0.445 e. The average molecular weight is 481 g/mol. The van der Waals surface area contributed by atoms with Crippen molar-refractivity contribution in [2.24, 2.45) is 0 Å². The fraction of sp³-hybridized carbons (Fsp3) is 0.368. The van der Waals surface area contributed by atoms with Gasteiger partial charge in [0, 0.05) is 19.2 Å². The van der Waals surface area contributed by atoms with Gasteiger partial charge in [-0.3, -0.25) is 5.32 Å². The molecule has 1 amide bonds. The van der Waals surface area contributed by atoms with E-state index in [-0.39, 0.29) is 5.69 Å². The number of amides is 1.